The zero-order valence-corrected chi connectivity index (χ0v) is 17.7. The molecule has 6 heteroatoms. The van der Waals surface area contributed by atoms with Crippen LogP contribution in [0.5, 0.6) is 28.7 Å². The van der Waals surface area contributed by atoms with Crippen molar-refractivity contribution in [1.82, 2.24) is 0 Å². The van der Waals surface area contributed by atoms with Crippen molar-refractivity contribution in [2.45, 2.75) is 39.2 Å². The fourth-order valence-corrected chi connectivity index (χ4v) is 3.39. The third-order valence-electron chi connectivity index (χ3n) is 5.09. The lowest BCUT2D eigenvalue weighted by Crippen LogP contribution is -2.31. The highest BCUT2D eigenvalue weighted by molar-refractivity contribution is 6.11. The van der Waals surface area contributed by atoms with E-state index in [1.807, 2.05) is 26.8 Å². The van der Waals surface area contributed by atoms with Gasteiger partial charge in [0.2, 0.25) is 0 Å². The van der Waals surface area contributed by atoms with E-state index >= 15 is 0 Å². The average Bonchev–Trinajstić information content (AvgIpc) is 2.68. The van der Waals surface area contributed by atoms with Gasteiger partial charge < -0.3 is 25.2 Å². The molecule has 2 aromatic carbocycles. The van der Waals surface area contributed by atoms with E-state index in [0.717, 1.165) is 12.5 Å². The number of benzene rings is 2. The summed E-state index contributed by atoms with van der Waals surface area (Å²) in [6.45, 7) is 5.98. The lowest BCUT2D eigenvalue weighted by molar-refractivity contribution is 0.104. The van der Waals surface area contributed by atoms with Crippen LogP contribution in [0.4, 0.5) is 0 Å². The Hall–Kier alpha value is -3.67. The fourth-order valence-electron chi connectivity index (χ4n) is 3.39. The van der Waals surface area contributed by atoms with Crippen LogP contribution in [0.1, 0.15) is 55.1 Å². The molecule has 1 aliphatic rings. The van der Waals surface area contributed by atoms with Crippen LogP contribution in [0.25, 0.3) is 12.2 Å². The molecule has 1 heterocycles. The van der Waals surface area contributed by atoms with Crippen molar-refractivity contribution in [3.63, 3.8) is 0 Å². The number of ketones is 1. The van der Waals surface area contributed by atoms with Crippen LogP contribution in [-0.4, -0.2) is 31.8 Å². The lowest BCUT2D eigenvalue weighted by Gasteiger charge is -2.32. The first-order chi connectivity index (χ1) is 14.6. The van der Waals surface area contributed by atoms with E-state index in [2.05, 4.69) is 6.08 Å². The molecule has 0 amide bonds. The van der Waals surface area contributed by atoms with E-state index in [1.54, 1.807) is 6.08 Å². The highest BCUT2D eigenvalue weighted by atomic mass is 16.5. The summed E-state index contributed by atoms with van der Waals surface area (Å²) in [5.74, 6) is -1.35. The molecule has 0 saturated carbocycles. The summed E-state index contributed by atoms with van der Waals surface area (Å²) in [5, 5.41) is 40.4. The van der Waals surface area contributed by atoms with Crippen LogP contribution < -0.4 is 4.74 Å². The number of allylic oxidation sites excluding steroid dienone is 3. The number of phenolic OH excluding ortho intramolecular Hbond substituents is 4. The molecule has 0 bridgehead atoms. The number of hydrogen-bond donors (Lipinski definition) is 4. The summed E-state index contributed by atoms with van der Waals surface area (Å²) in [5.41, 5.74) is 0.885. The van der Waals surface area contributed by atoms with Gasteiger partial charge >= 0.3 is 0 Å². The molecule has 3 rings (SSSR count). The predicted octanol–water partition coefficient (Wildman–Crippen LogP) is 5.32. The van der Waals surface area contributed by atoms with Gasteiger partial charge in [0.1, 0.15) is 39.9 Å². The Kier molecular flexibility index (Phi) is 6.11. The molecule has 1 atom stereocenters. The first-order valence-electron chi connectivity index (χ1n) is 9.94. The largest absolute Gasteiger partial charge is 0.508 e. The van der Waals surface area contributed by atoms with Crippen molar-refractivity contribution in [3.8, 4) is 28.7 Å². The molecule has 0 aromatic heterocycles. The molecule has 31 heavy (non-hydrogen) atoms. The maximum Gasteiger partial charge on any atom is 0.193 e. The standard InChI is InChI=1S/C25H26O6/c1-15(2)5-4-11-25(3)12-10-18-22(31-25)14-21(29)23(24(18)30)20(28)8-6-16-13-17(26)7-9-19(16)27/h5-10,12-14,26-27,29-30H,4,11H2,1-3H3/t25-/m1/s1. The van der Waals surface area contributed by atoms with Crippen LogP contribution >= 0.6 is 0 Å². The number of hydrogen-bond acceptors (Lipinski definition) is 6. The Balaban J connectivity index is 1.88. The molecule has 4 N–H and O–H groups in total. The van der Waals surface area contributed by atoms with Crippen LogP contribution in [0, 0.1) is 0 Å². The molecular weight excluding hydrogens is 396 g/mol. The fraction of sp³-hybridized carbons (Fsp3) is 0.240. The minimum absolute atomic E-state index is 0.0701. The molecule has 2 aromatic rings. The summed E-state index contributed by atoms with van der Waals surface area (Å²) < 4.78 is 6.03. The van der Waals surface area contributed by atoms with E-state index in [9.17, 15) is 25.2 Å². The van der Waals surface area contributed by atoms with Gasteiger partial charge in [0.25, 0.3) is 0 Å². The van der Waals surface area contributed by atoms with E-state index in [0.29, 0.717) is 17.7 Å². The summed E-state index contributed by atoms with van der Waals surface area (Å²) >= 11 is 0. The van der Waals surface area contributed by atoms with Gasteiger partial charge in [-0.3, -0.25) is 4.79 Å². The number of carbonyl (C=O) groups excluding carboxylic acids is 1. The number of carbonyl (C=O) groups is 1. The third kappa shape index (κ3) is 4.91. The molecule has 0 aliphatic carbocycles. The molecule has 0 fully saturated rings. The first-order valence-corrected chi connectivity index (χ1v) is 9.94. The van der Waals surface area contributed by atoms with Crippen molar-refractivity contribution in [2.24, 2.45) is 0 Å². The van der Waals surface area contributed by atoms with Crippen molar-refractivity contribution in [1.29, 1.82) is 0 Å². The Morgan fingerprint density at radius 1 is 1.10 bits per heavy atom. The van der Waals surface area contributed by atoms with Crippen molar-refractivity contribution >= 4 is 17.9 Å². The first kappa shape index (κ1) is 22.0. The van der Waals surface area contributed by atoms with Gasteiger partial charge in [-0.2, -0.15) is 0 Å². The van der Waals surface area contributed by atoms with Gasteiger partial charge in [0, 0.05) is 11.6 Å². The summed E-state index contributed by atoms with van der Waals surface area (Å²) in [6.07, 6.45) is 9.57. The van der Waals surface area contributed by atoms with E-state index in [4.69, 9.17) is 4.74 Å². The van der Waals surface area contributed by atoms with Crippen molar-refractivity contribution < 1.29 is 30.0 Å². The Morgan fingerprint density at radius 2 is 1.84 bits per heavy atom. The smallest absolute Gasteiger partial charge is 0.193 e. The quantitative estimate of drug-likeness (QED) is 0.217. The zero-order valence-electron chi connectivity index (χ0n) is 17.7. The Labute approximate surface area is 181 Å². The molecule has 0 unspecified atom stereocenters. The number of fused-ring (bicyclic) bond motifs is 1. The van der Waals surface area contributed by atoms with E-state index in [-0.39, 0.29) is 28.4 Å². The molecular formula is C25H26O6. The molecule has 6 nitrogen and oxygen atoms in total. The SMILES string of the molecule is CC(C)=CCC[C@]1(C)C=Cc2c(cc(O)c(C(=O)C=Cc3cc(O)ccc3O)c2O)O1. The highest BCUT2D eigenvalue weighted by Crippen LogP contribution is 2.44. The highest BCUT2D eigenvalue weighted by Gasteiger charge is 2.30. The normalized spacial score (nSPS) is 17.3. The van der Waals surface area contributed by atoms with Gasteiger partial charge in [-0.25, -0.2) is 0 Å². The van der Waals surface area contributed by atoms with Gasteiger partial charge in [-0.15, -0.1) is 0 Å². The second-order valence-corrected chi connectivity index (χ2v) is 8.04. The number of phenols is 4. The maximum atomic E-state index is 12.7. The van der Waals surface area contributed by atoms with Gasteiger partial charge in [0.05, 0.1) is 5.56 Å². The Bertz CT molecular complexity index is 1110. The predicted molar refractivity (Wildman–Crippen MR) is 120 cm³/mol. The van der Waals surface area contributed by atoms with Crippen LogP contribution in [0.15, 0.2) is 48.1 Å². The molecule has 1 aliphatic heterocycles. The van der Waals surface area contributed by atoms with Crippen LogP contribution in [-0.2, 0) is 0 Å². The topological polar surface area (TPSA) is 107 Å². The van der Waals surface area contributed by atoms with E-state index in [1.165, 1.54) is 35.9 Å². The van der Waals surface area contributed by atoms with Crippen LogP contribution in [0.2, 0.25) is 0 Å². The van der Waals surface area contributed by atoms with Crippen molar-refractivity contribution in [2.75, 3.05) is 0 Å². The number of ether oxygens (including phenoxy) is 1. The molecule has 0 radical (unpaired) electrons. The van der Waals surface area contributed by atoms with Gasteiger partial charge in [-0.05, 0) is 76.1 Å². The minimum Gasteiger partial charge on any atom is -0.508 e. The summed E-state index contributed by atoms with van der Waals surface area (Å²) in [6, 6.07) is 5.22. The molecule has 0 spiro atoms. The summed E-state index contributed by atoms with van der Waals surface area (Å²) in [4.78, 5) is 12.7. The monoisotopic (exact) mass is 422 g/mol. The zero-order chi connectivity index (χ0) is 22.8. The second kappa shape index (κ2) is 8.60. The summed E-state index contributed by atoms with van der Waals surface area (Å²) in [7, 11) is 0. The average molecular weight is 422 g/mol. The van der Waals surface area contributed by atoms with Gasteiger partial charge in [0.15, 0.2) is 5.78 Å². The van der Waals surface area contributed by atoms with Crippen LogP contribution in [0.3, 0.4) is 0 Å². The third-order valence-corrected chi connectivity index (χ3v) is 5.09. The maximum absolute atomic E-state index is 12.7. The molecule has 0 saturated heterocycles. The lowest BCUT2D eigenvalue weighted by atomic mass is 9.92. The van der Waals surface area contributed by atoms with Crippen molar-refractivity contribution in [3.05, 3.63) is 64.8 Å². The minimum atomic E-state index is -0.661. The number of rotatable bonds is 6. The second-order valence-electron chi connectivity index (χ2n) is 8.04. The Morgan fingerprint density at radius 3 is 2.55 bits per heavy atom. The van der Waals surface area contributed by atoms with E-state index < -0.39 is 17.1 Å². The van der Waals surface area contributed by atoms with Gasteiger partial charge in [-0.1, -0.05) is 11.6 Å². The number of aromatic hydroxyl groups is 4. The molecule has 162 valence electrons.